The first-order chi connectivity index (χ1) is 13.5. The molecule has 0 bridgehead atoms. The van der Waals surface area contributed by atoms with Gasteiger partial charge in [-0.05, 0) is 50.8 Å². The van der Waals surface area contributed by atoms with Crippen molar-refractivity contribution in [2.75, 3.05) is 26.7 Å². The summed E-state index contributed by atoms with van der Waals surface area (Å²) in [5, 5.41) is 4.34. The number of rotatable bonds is 8. The van der Waals surface area contributed by atoms with Crippen molar-refractivity contribution in [2.45, 2.75) is 45.6 Å². The molecule has 1 aliphatic rings. The quantitative estimate of drug-likeness (QED) is 0.698. The average molecular weight is 385 g/mol. The topological polar surface area (TPSA) is 67.2 Å². The van der Waals surface area contributed by atoms with Crippen molar-refractivity contribution >= 4 is 5.91 Å². The van der Waals surface area contributed by atoms with Crippen molar-refractivity contribution in [3.05, 3.63) is 41.7 Å². The number of aromatic nitrogens is 4. The van der Waals surface area contributed by atoms with Crippen LogP contribution in [0.5, 0.6) is 0 Å². The fourth-order valence-corrected chi connectivity index (χ4v) is 3.90. The highest BCUT2D eigenvalue weighted by atomic mass is 16.2. The molecule has 1 unspecified atom stereocenters. The van der Waals surface area contributed by atoms with E-state index in [1.807, 2.05) is 48.8 Å². The van der Waals surface area contributed by atoms with Gasteiger partial charge in [0.1, 0.15) is 11.6 Å². The van der Waals surface area contributed by atoms with E-state index in [2.05, 4.69) is 20.0 Å². The first kappa shape index (κ1) is 20.5. The molecule has 1 atom stereocenters. The number of carbonyl (C=O) groups excluding carboxylic acids is 1. The van der Waals surface area contributed by atoms with Gasteiger partial charge in [0.25, 0.3) is 0 Å². The molecule has 0 radical (unpaired) electrons. The van der Waals surface area contributed by atoms with Crippen LogP contribution in [0.3, 0.4) is 0 Å². The molecule has 2 aromatic rings. The summed E-state index contributed by atoms with van der Waals surface area (Å²) >= 11 is 0. The summed E-state index contributed by atoms with van der Waals surface area (Å²) in [7, 11) is 3.85. The van der Waals surface area contributed by atoms with Gasteiger partial charge < -0.3 is 4.90 Å². The van der Waals surface area contributed by atoms with Crippen LogP contribution in [0.4, 0.5) is 0 Å². The summed E-state index contributed by atoms with van der Waals surface area (Å²) in [5.41, 5.74) is 1.03. The summed E-state index contributed by atoms with van der Waals surface area (Å²) in [6, 6.07) is 5.91. The van der Waals surface area contributed by atoms with E-state index in [4.69, 9.17) is 0 Å². The minimum absolute atomic E-state index is 0.233. The Morgan fingerprint density at radius 2 is 2.21 bits per heavy atom. The van der Waals surface area contributed by atoms with Crippen LogP contribution in [0.2, 0.25) is 0 Å². The van der Waals surface area contributed by atoms with E-state index in [0.717, 1.165) is 56.4 Å². The lowest BCUT2D eigenvalue weighted by Crippen LogP contribution is -2.36. The molecule has 0 spiro atoms. The Kier molecular flexibility index (Phi) is 7.14. The molecule has 1 amide bonds. The van der Waals surface area contributed by atoms with Crippen LogP contribution in [-0.4, -0.2) is 62.1 Å². The minimum Gasteiger partial charge on any atom is -0.345 e. The number of likely N-dealkylation sites (N-methyl/N-ethyl adjacent to an activating group) is 1. The fourth-order valence-electron chi connectivity index (χ4n) is 3.90. The first-order valence-electron chi connectivity index (χ1n) is 10.2. The molecule has 3 rings (SSSR count). The van der Waals surface area contributed by atoms with E-state index in [1.165, 1.54) is 12.8 Å². The molecule has 7 heteroatoms. The standard InChI is InChI=1S/C21H32N6O/c1-17-23-20(26(3)24-17)16-27-13-6-7-18(15-27)9-10-21(28)25(2)14-11-19-8-4-5-12-22-19/h4-5,8,12,18H,6-7,9-11,13-16H2,1-3H3. The number of hydrogen-bond donors (Lipinski definition) is 0. The summed E-state index contributed by atoms with van der Waals surface area (Å²) in [4.78, 5) is 25.6. The highest BCUT2D eigenvalue weighted by Gasteiger charge is 2.22. The third-order valence-corrected chi connectivity index (χ3v) is 5.55. The second kappa shape index (κ2) is 9.78. The van der Waals surface area contributed by atoms with Gasteiger partial charge in [0, 0.05) is 51.9 Å². The van der Waals surface area contributed by atoms with Crippen LogP contribution in [0.15, 0.2) is 24.4 Å². The number of amides is 1. The number of pyridine rings is 1. The zero-order valence-electron chi connectivity index (χ0n) is 17.3. The van der Waals surface area contributed by atoms with E-state index >= 15 is 0 Å². The molecule has 0 N–H and O–H groups in total. The van der Waals surface area contributed by atoms with Crippen molar-refractivity contribution in [3.63, 3.8) is 0 Å². The van der Waals surface area contributed by atoms with Gasteiger partial charge in [-0.2, -0.15) is 5.10 Å². The fraction of sp³-hybridized carbons (Fsp3) is 0.619. The molecule has 7 nitrogen and oxygen atoms in total. The molecule has 152 valence electrons. The lowest BCUT2D eigenvalue weighted by atomic mass is 9.93. The molecule has 0 aromatic carbocycles. The zero-order valence-corrected chi connectivity index (χ0v) is 17.3. The monoisotopic (exact) mass is 384 g/mol. The third-order valence-electron chi connectivity index (χ3n) is 5.55. The summed E-state index contributed by atoms with van der Waals surface area (Å²) in [6.07, 6.45) is 6.58. The van der Waals surface area contributed by atoms with E-state index in [0.29, 0.717) is 12.3 Å². The lowest BCUT2D eigenvalue weighted by molar-refractivity contribution is -0.130. The van der Waals surface area contributed by atoms with Crippen LogP contribution in [0, 0.1) is 12.8 Å². The van der Waals surface area contributed by atoms with Crippen LogP contribution < -0.4 is 0 Å². The Balaban J connectivity index is 1.40. The van der Waals surface area contributed by atoms with E-state index < -0.39 is 0 Å². The molecule has 2 aromatic heterocycles. The van der Waals surface area contributed by atoms with Crippen LogP contribution in [0.25, 0.3) is 0 Å². The average Bonchev–Trinajstić information content (AvgIpc) is 3.02. The Labute approximate surface area is 167 Å². The molecular formula is C21H32N6O. The Hall–Kier alpha value is -2.28. The molecular weight excluding hydrogens is 352 g/mol. The van der Waals surface area contributed by atoms with E-state index in [1.54, 1.807) is 6.20 Å². The van der Waals surface area contributed by atoms with Gasteiger partial charge in [-0.1, -0.05) is 6.07 Å². The van der Waals surface area contributed by atoms with Crippen molar-refractivity contribution in [3.8, 4) is 0 Å². The highest BCUT2D eigenvalue weighted by Crippen LogP contribution is 2.22. The molecule has 0 aliphatic carbocycles. The number of likely N-dealkylation sites (tertiary alicyclic amines) is 1. The maximum Gasteiger partial charge on any atom is 0.222 e. The van der Waals surface area contributed by atoms with Gasteiger partial charge >= 0.3 is 0 Å². The summed E-state index contributed by atoms with van der Waals surface area (Å²) in [5.74, 6) is 2.65. The molecule has 28 heavy (non-hydrogen) atoms. The van der Waals surface area contributed by atoms with Crippen LogP contribution >= 0.6 is 0 Å². The number of aryl methyl sites for hydroxylation is 2. The SMILES string of the molecule is Cc1nc(CN2CCCC(CCC(=O)N(C)CCc3ccccn3)C2)n(C)n1. The molecule has 1 fully saturated rings. The predicted molar refractivity (Wildman–Crippen MR) is 109 cm³/mol. The summed E-state index contributed by atoms with van der Waals surface area (Å²) in [6.45, 7) is 5.62. The van der Waals surface area contributed by atoms with Gasteiger partial charge in [0.2, 0.25) is 5.91 Å². The van der Waals surface area contributed by atoms with Gasteiger partial charge in [-0.15, -0.1) is 0 Å². The van der Waals surface area contributed by atoms with Gasteiger partial charge in [0.15, 0.2) is 0 Å². The maximum atomic E-state index is 12.5. The normalized spacial score (nSPS) is 17.6. The number of piperidine rings is 1. The largest absolute Gasteiger partial charge is 0.345 e. The smallest absolute Gasteiger partial charge is 0.222 e. The minimum atomic E-state index is 0.233. The Morgan fingerprint density at radius 3 is 2.93 bits per heavy atom. The molecule has 1 aliphatic heterocycles. The number of nitrogens with zero attached hydrogens (tertiary/aromatic N) is 6. The van der Waals surface area contributed by atoms with Crippen molar-refractivity contribution < 1.29 is 4.79 Å². The number of hydrogen-bond acceptors (Lipinski definition) is 5. The summed E-state index contributed by atoms with van der Waals surface area (Å²) < 4.78 is 1.87. The Morgan fingerprint density at radius 1 is 1.36 bits per heavy atom. The van der Waals surface area contributed by atoms with Gasteiger partial charge in [0.05, 0.1) is 6.54 Å². The zero-order chi connectivity index (χ0) is 19.9. The Bertz CT molecular complexity index is 760. The van der Waals surface area contributed by atoms with Gasteiger partial charge in [-0.3, -0.25) is 19.4 Å². The van der Waals surface area contributed by atoms with Crippen LogP contribution in [0.1, 0.15) is 43.0 Å². The number of carbonyl (C=O) groups is 1. The van der Waals surface area contributed by atoms with Gasteiger partial charge in [-0.25, -0.2) is 4.98 Å². The second-order valence-electron chi connectivity index (χ2n) is 7.87. The van der Waals surface area contributed by atoms with E-state index in [9.17, 15) is 4.79 Å². The maximum absolute atomic E-state index is 12.5. The van der Waals surface area contributed by atoms with Crippen LogP contribution in [-0.2, 0) is 24.8 Å². The molecule has 3 heterocycles. The van der Waals surface area contributed by atoms with Crippen molar-refractivity contribution in [1.29, 1.82) is 0 Å². The molecule has 1 saturated heterocycles. The van der Waals surface area contributed by atoms with Crippen molar-refractivity contribution in [1.82, 2.24) is 29.5 Å². The van der Waals surface area contributed by atoms with E-state index in [-0.39, 0.29) is 5.91 Å². The lowest BCUT2D eigenvalue weighted by Gasteiger charge is -2.32. The third kappa shape index (κ3) is 5.86. The first-order valence-corrected chi connectivity index (χ1v) is 10.2. The second-order valence-corrected chi connectivity index (χ2v) is 7.87. The predicted octanol–water partition coefficient (Wildman–Crippen LogP) is 2.21. The highest BCUT2D eigenvalue weighted by molar-refractivity contribution is 5.75. The molecule has 0 saturated carbocycles. The van der Waals surface area contributed by atoms with Crippen molar-refractivity contribution in [2.24, 2.45) is 13.0 Å².